The van der Waals surface area contributed by atoms with Gasteiger partial charge in [0.15, 0.2) is 0 Å². The fourth-order valence-electron chi connectivity index (χ4n) is 0.562. The molecular weight excluding hydrogens is 168 g/mol. The Labute approximate surface area is 77.4 Å². The van der Waals surface area contributed by atoms with E-state index < -0.39 is 0 Å². The van der Waals surface area contributed by atoms with Crippen LogP contribution in [-0.4, -0.2) is 18.9 Å². The Bertz CT molecular complexity index is 237. The van der Waals surface area contributed by atoms with Crippen molar-refractivity contribution < 1.29 is 14.3 Å². The fraction of sp³-hybridized carbons (Fsp3) is 0.200. The molecule has 0 rings (SSSR count). The van der Waals surface area contributed by atoms with Crippen LogP contribution < -0.4 is 0 Å². The van der Waals surface area contributed by atoms with E-state index in [0.717, 1.165) is 0 Å². The first kappa shape index (κ1) is 11.4. The standard InChI is InChI=1S/C10H12O3/c1-2-13-10(12)8-6-4-3-5-7-9-11/h3-9H,2H2,1H3/b4-3+,7-5+,8-6+. The largest absolute Gasteiger partial charge is 0.463 e. The Morgan fingerprint density at radius 3 is 2.38 bits per heavy atom. The van der Waals surface area contributed by atoms with Gasteiger partial charge in [-0.15, -0.1) is 0 Å². The van der Waals surface area contributed by atoms with Crippen LogP contribution in [0.15, 0.2) is 36.5 Å². The number of hydrogen-bond donors (Lipinski definition) is 0. The Kier molecular flexibility index (Phi) is 7.39. The summed E-state index contributed by atoms with van der Waals surface area (Å²) in [5, 5.41) is 0. The number of esters is 1. The molecule has 0 bridgehead atoms. The summed E-state index contributed by atoms with van der Waals surface area (Å²) >= 11 is 0. The molecule has 0 aromatic heterocycles. The van der Waals surface area contributed by atoms with Crippen LogP contribution in [0.5, 0.6) is 0 Å². The van der Waals surface area contributed by atoms with E-state index in [-0.39, 0.29) is 5.97 Å². The van der Waals surface area contributed by atoms with E-state index in [0.29, 0.717) is 12.9 Å². The molecule has 0 fully saturated rings. The van der Waals surface area contributed by atoms with E-state index in [1.54, 1.807) is 31.2 Å². The smallest absolute Gasteiger partial charge is 0.330 e. The van der Waals surface area contributed by atoms with Crippen LogP contribution in [0.1, 0.15) is 6.92 Å². The molecule has 0 aromatic carbocycles. The molecule has 0 aromatic rings. The summed E-state index contributed by atoms with van der Waals surface area (Å²) < 4.78 is 4.64. The summed E-state index contributed by atoms with van der Waals surface area (Å²) in [5.74, 6) is -0.369. The summed E-state index contributed by atoms with van der Waals surface area (Å²) in [6.45, 7) is 2.12. The van der Waals surface area contributed by atoms with Gasteiger partial charge in [0.2, 0.25) is 0 Å². The van der Waals surface area contributed by atoms with Gasteiger partial charge >= 0.3 is 5.97 Å². The van der Waals surface area contributed by atoms with Crippen LogP contribution in [-0.2, 0) is 14.3 Å². The molecule has 13 heavy (non-hydrogen) atoms. The molecule has 3 nitrogen and oxygen atoms in total. The number of carbonyl (C=O) groups excluding carboxylic acids is 2. The number of rotatable bonds is 5. The van der Waals surface area contributed by atoms with Crippen molar-refractivity contribution in [2.75, 3.05) is 6.61 Å². The molecular formula is C10H12O3. The number of carbonyl (C=O) groups is 2. The van der Waals surface area contributed by atoms with Gasteiger partial charge in [0, 0.05) is 6.08 Å². The maximum Gasteiger partial charge on any atom is 0.330 e. The summed E-state index contributed by atoms with van der Waals surface area (Å²) in [7, 11) is 0. The van der Waals surface area contributed by atoms with Gasteiger partial charge in [0.25, 0.3) is 0 Å². The first-order valence-electron chi connectivity index (χ1n) is 3.93. The van der Waals surface area contributed by atoms with E-state index >= 15 is 0 Å². The molecule has 0 aliphatic carbocycles. The lowest BCUT2D eigenvalue weighted by Crippen LogP contribution is -1.98. The topological polar surface area (TPSA) is 43.4 Å². The molecule has 0 unspecified atom stereocenters. The second kappa shape index (κ2) is 8.46. The van der Waals surface area contributed by atoms with Crippen LogP contribution in [0.4, 0.5) is 0 Å². The molecule has 0 saturated heterocycles. The number of hydrogen-bond acceptors (Lipinski definition) is 3. The number of allylic oxidation sites excluding steroid dienone is 5. The maximum absolute atomic E-state index is 10.7. The Balaban J connectivity index is 3.73. The highest BCUT2D eigenvalue weighted by atomic mass is 16.5. The predicted octanol–water partition coefficient (Wildman–Crippen LogP) is 1.42. The normalized spacial score (nSPS) is 11.5. The van der Waals surface area contributed by atoms with Gasteiger partial charge in [0.05, 0.1) is 6.61 Å². The SMILES string of the molecule is CCOC(=O)/C=C/C=C/C=C/C=O. The highest BCUT2D eigenvalue weighted by molar-refractivity contribution is 5.82. The minimum atomic E-state index is -0.369. The van der Waals surface area contributed by atoms with Crippen molar-refractivity contribution in [3.8, 4) is 0 Å². The van der Waals surface area contributed by atoms with E-state index in [1.165, 1.54) is 12.2 Å². The van der Waals surface area contributed by atoms with Crippen LogP contribution in [0.25, 0.3) is 0 Å². The third-order valence-corrected chi connectivity index (χ3v) is 1.04. The quantitative estimate of drug-likeness (QED) is 0.278. The van der Waals surface area contributed by atoms with Crippen LogP contribution >= 0.6 is 0 Å². The Morgan fingerprint density at radius 1 is 1.15 bits per heavy atom. The molecule has 0 saturated carbocycles. The van der Waals surface area contributed by atoms with Crippen molar-refractivity contribution in [1.29, 1.82) is 0 Å². The average Bonchev–Trinajstić information content (AvgIpc) is 2.11. The van der Waals surface area contributed by atoms with Crippen LogP contribution in [0.2, 0.25) is 0 Å². The lowest BCUT2D eigenvalue weighted by Gasteiger charge is -1.92. The second-order valence-corrected chi connectivity index (χ2v) is 2.02. The van der Waals surface area contributed by atoms with Crippen molar-refractivity contribution >= 4 is 12.3 Å². The third-order valence-electron chi connectivity index (χ3n) is 1.04. The summed E-state index contributed by atoms with van der Waals surface area (Å²) in [5.41, 5.74) is 0. The van der Waals surface area contributed by atoms with Gasteiger partial charge in [-0.2, -0.15) is 0 Å². The van der Waals surface area contributed by atoms with Crippen molar-refractivity contribution in [3.05, 3.63) is 36.5 Å². The fourth-order valence-corrected chi connectivity index (χ4v) is 0.562. The molecule has 0 atom stereocenters. The van der Waals surface area contributed by atoms with Gasteiger partial charge in [-0.05, 0) is 13.0 Å². The van der Waals surface area contributed by atoms with E-state index in [1.807, 2.05) is 0 Å². The van der Waals surface area contributed by atoms with E-state index in [4.69, 9.17) is 0 Å². The maximum atomic E-state index is 10.7. The van der Waals surface area contributed by atoms with Crippen molar-refractivity contribution in [2.45, 2.75) is 6.92 Å². The van der Waals surface area contributed by atoms with Crippen molar-refractivity contribution in [3.63, 3.8) is 0 Å². The first-order chi connectivity index (χ1) is 6.31. The predicted molar refractivity (Wildman–Crippen MR) is 50.1 cm³/mol. The van der Waals surface area contributed by atoms with Gasteiger partial charge in [-0.3, -0.25) is 4.79 Å². The molecule has 0 amide bonds. The molecule has 0 aliphatic heterocycles. The van der Waals surface area contributed by atoms with Gasteiger partial charge in [0.1, 0.15) is 6.29 Å². The first-order valence-corrected chi connectivity index (χ1v) is 3.93. The van der Waals surface area contributed by atoms with Crippen molar-refractivity contribution in [1.82, 2.24) is 0 Å². The van der Waals surface area contributed by atoms with Gasteiger partial charge in [-0.1, -0.05) is 24.3 Å². The average molecular weight is 180 g/mol. The summed E-state index contributed by atoms with van der Waals surface area (Å²) in [6.07, 6.45) is 9.75. The van der Waals surface area contributed by atoms with Crippen LogP contribution in [0, 0.1) is 0 Å². The third kappa shape index (κ3) is 8.26. The molecule has 0 radical (unpaired) electrons. The second-order valence-electron chi connectivity index (χ2n) is 2.02. The molecule has 0 spiro atoms. The Hall–Kier alpha value is -1.64. The minimum absolute atomic E-state index is 0.369. The van der Waals surface area contributed by atoms with Crippen LogP contribution in [0.3, 0.4) is 0 Å². The zero-order chi connectivity index (χ0) is 9.94. The van der Waals surface area contributed by atoms with Gasteiger partial charge in [-0.25, -0.2) is 4.79 Å². The number of ether oxygens (including phenoxy) is 1. The van der Waals surface area contributed by atoms with E-state index in [9.17, 15) is 9.59 Å². The van der Waals surface area contributed by atoms with Crippen molar-refractivity contribution in [2.24, 2.45) is 0 Å². The highest BCUT2D eigenvalue weighted by Gasteiger charge is 1.89. The van der Waals surface area contributed by atoms with E-state index in [2.05, 4.69) is 4.74 Å². The lowest BCUT2D eigenvalue weighted by atomic mass is 10.4. The van der Waals surface area contributed by atoms with Gasteiger partial charge < -0.3 is 4.74 Å². The zero-order valence-electron chi connectivity index (χ0n) is 7.47. The molecule has 3 heteroatoms. The molecule has 0 N–H and O–H groups in total. The lowest BCUT2D eigenvalue weighted by molar-refractivity contribution is -0.137. The molecule has 0 aliphatic rings. The Morgan fingerprint density at radius 2 is 1.77 bits per heavy atom. The molecule has 0 heterocycles. The summed E-state index contributed by atoms with van der Waals surface area (Å²) in [4.78, 5) is 20.5. The molecule has 70 valence electrons. The zero-order valence-corrected chi connectivity index (χ0v) is 7.47. The minimum Gasteiger partial charge on any atom is -0.463 e. The summed E-state index contributed by atoms with van der Waals surface area (Å²) in [6, 6.07) is 0. The monoisotopic (exact) mass is 180 g/mol. The highest BCUT2D eigenvalue weighted by Crippen LogP contribution is 1.83. The number of aldehydes is 1.